The van der Waals surface area contributed by atoms with Crippen molar-refractivity contribution in [2.24, 2.45) is 11.8 Å². The summed E-state index contributed by atoms with van der Waals surface area (Å²) < 4.78 is 5.55. The Labute approximate surface area is 117 Å². The molecule has 0 saturated heterocycles. The molecule has 19 heavy (non-hydrogen) atoms. The van der Waals surface area contributed by atoms with E-state index in [-0.39, 0.29) is 5.92 Å². The minimum Gasteiger partial charge on any atom is -0.392 e. The maximum atomic E-state index is 10.3. The smallest absolute Gasteiger partial charge is 0.0831 e. The van der Waals surface area contributed by atoms with Crippen LogP contribution in [0.4, 0.5) is 0 Å². The molecule has 0 aromatic carbocycles. The molecule has 110 valence electrons. The summed E-state index contributed by atoms with van der Waals surface area (Å²) in [4.78, 5) is 0. The summed E-state index contributed by atoms with van der Waals surface area (Å²) in [5.41, 5.74) is 0.317. The Morgan fingerprint density at radius 3 is 2.58 bits per heavy atom. The standard InChI is InChI=1S/C16H28O3/c1-11(2)13-6-8-16(4,19-5)9-7-14(17)12(3)10-15(13)18/h6,8,11,13-15,17-18H,3,7,9-10H2,1-2,4-5H3. The van der Waals surface area contributed by atoms with E-state index in [0.717, 1.165) is 6.42 Å². The van der Waals surface area contributed by atoms with Crippen LogP contribution in [-0.4, -0.2) is 35.1 Å². The molecule has 2 N–H and O–H groups in total. The molecule has 0 saturated carbocycles. The SMILES string of the molecule is C=C1CC(O)C(C(C)C)C=CC(C)(OC)CCC1O. The summed E-state index contributed by atoms with van der Waals surface area (Å²) in [6.45, 7) is 10.1. The lowest BCUT2D eigenvalue weighted by atomic mass is 9.82. The minimum atomic E-state index is -0.566. The zero-order valence-corrected chi connectivity index (χ0v) is 12.6. The maximum Gasteiger partial charge on any atom is 0.0831 e. The quantitative estimate of drug-likeness (QED) is 0.757. The highest BCUT2D eigenvalue weighted by atomic mass is 16.5. The van der Waals surface area contributed by atoms with Crippen LogP contribution in [0, 0.1) is 11.8 Å². The molecule has 0 aromatic rings. The Morgan fingerprint density at radius 1 is 1.42 bits per heavy atom. The minimum absolute atomic E-state index is 0.0523. The van der Waals surface area contributed by atoms with Gasteiger partial charge in [0.25, 0.3) is 0 Å². The topological polar surface area (TPSA) is 49.7 Å². The van der Waals surface area contributed by atoms with Gasteiger partial charge in [-0.2, -0.15) is 0 Å². The first kappa shape index (κ1) is 16.4. The summed E-state index contributed by atoms with van der Waals surface area (Å²) >= 11 is 0. The number of hydrogen-bond acceptors (Lipinski definition) is 3. The fourth-order valence-electron chi connectivity index (χ4n) is 2.53. The molecule has 0 bridgehead atoms. The molecule has 0 amide bonds. The molecule has 3 nitrogen and oxygen atoms in total. The molecular formula is C16H28O3. The van der Waals surface area contributed by atoms with E-state index in [9.17, 15) is 10.2 Å². The number of aliphatic hydroxyl groups is 2. The average Bonchev–Trinajstić information content (AvgIpc) is 2.34. The number of aliphatic hydroxyl groups excluding tert-OH is 2. The van der Waals surface area contributed by atoms with Crippen LogP contribution in [0.3, 0.4) is 0 Å². The molecule has 4 atom stereocenters. The Hall–Kier alpha value is -0.640. The van der Waals surface area contributed by atoms with Crippen molar-refractivity contribution in [1.29, 1.82) is 0 Å². The highest BCUT2D eigenvalue weighted by Crippen LogP contribution is 2.29. The van der Waals surface area contributed by atoms with Gasteiger partial charge in [-0.15, -0.1) is 0 Å². The second-order valence-corrected chi connectivity index (χ2v) is 6.18. The Balaban J connectivity index is 3.02. The summed E-state index contributed by atoms with van der Waals surface area (Å²) in [5, 5.41) is 20.4. The third-order valence-corrected chi connectivity index (χ3v) is 4.21. The molecule has 1 aliphatic rings. The van der Waals surface area contributed by atoms with Gasteiger partial charge >= 0.3 is 0 Å². The van der Waals surface area contributed by atoms with Gasteiger partial charge in [0.15, 0.2) is 0 Å². The van der Waals surface area contributed by atoms with Crippen LogP contribution in [0.1, 0.15) is 40.0 Å². The van der Waals surface area contributed by atoms with Crippen molar-refractivity contribution in [3.05, 3.63) is 24.3 Å². The fraction of sp³-hybridized carbons (Fsp3) is 0.750. The Morgan fingerprint density at radius 2 is 2.05 bits per heavy atom. The van der Waals surface area contributed by atoms with E-state index in [1.807, 2.05) is 13.0 Å². The molecule has 0 radical (unpaired) electrons. The van der Waals surface area contributed by atoms with Crippen molar-refractivity contribution in [3.63, 3.8) is 0 Å². The summed E-state index contributed by atoms with van der Waals surface area (Å²) in [5.74, 6) is 0.383. The predicted molar refractivity (Wildman–Crippen MR) is 77.9 cm³/mol. The van der Waals surface area contributed by atoms with Gasteiger partial charge in [0, 0.05) is 13.0 Å². The zero-order valence-electron chi connectivity index (χ0n) is 12.6. The van der Waals surface area contributed by atoms with Crippen LogP contribution in [0.15, 0.2) is 24.3 Å². The van der Waals surface area contributed by atoms with Crippen LogP contribution in [-0.2, 0) is 4.74 Å². The molecule has 3 heteroatoms. The highest BCUT2D eigenvalue weighted by molar-refractivity contribution is 5.11. The lowest BCUT2D eigenvalue weighted by Crippen LogP contribution is -2.32. The normalized spacial score (nSPS) is 37.6. The number of ether oxygens (including phenoxy) is 1. The molecule has 0 aromatic heterocycles. The second kappa shape index (κ2) is 6.69. The Bertz CT molecular complexity index is 335. The lowest BCUT2D eigenvalue weighted by Gasteiger charge is -2.31. The highest BCUT2D eigenvalue weighted by Gasteiger charge is 2.28. The van der Waals surface area contributed by atoms with Crippen molar-refractivity contribution in [1.82, 2.24) is 0 Å². The molecule has 1 rings (SSSR count). The predicted octanol–water partition coefficient (Wildman–Crippen LogP) is 2.68. The second-order valence-electron chi connectivity index (χ2n) is 6.18. The van der Waals surface area contributed by atoms with Crippen LogP contribution < -0.4 is 0 Å². The van der Waals surface area contributed by atoms with Gasteiger partial charge in [-0.25, -0.2) is 0 Å². The first-order valence-corrected chi connectivity index (χ1v) is 7.07. The number of methoxy groups -OCH3 is 1. The van der Waals surface area contributed by atoms with Crippen molar-refractivity contribution >= 4 is 0 Å². The summed E-state index contributed by atoms with van der Waals surface area (Å²) in [6.07, 6.45) is 4.82. The van der Waals surface area contributed by atoms with Crippen molar-refractivity contribution in [2.75, 3.05) is 7.11 Å². The van der Waals surface area contributed by atoms with Crippen LogP contribution >= 0.6 is 0 Å². The van der Waals surface area contributed by atoms with E-state index in [1.54, 1.807) is 7.11 Å². The monoisotopic (exact) mass is 268 g/mol. The van der Waals surface area contributed by atoms with Crippen LogP contribution in [0.25, 0.3) is 0 Å². The van der Waals surface area contributed by atoms with Gasteiger partial charge in [0.2, 0.25) is 0 Å². The van der Waals surface area contributed by atoms with Gasteiger partial charge in [-0.1, -0.05) is 32.6 Å². The third-order valence-electron chi connectivity index (χ3n) is 4.21. The maximum absolute atomic E-state index is 10.3. The van der Waals surface area contributed by atoms with Gasteiger partial charge in [-0.05, 0) is 37.7 Å². The van der Waals surface area contributed by atoms with Crippen molar-refractivity contribution < 1.29 is 14.9 Å². The summed E-state index contributed by atoms with van der Waals surface area (Å²) in [7, 11) is 1.68. The summed E-state index contributed by atoms with van der Waals surface area (Å²) in [6, 6.07) is 0. The van der Waals surface area contributed by atoms with Crippen LogP contribution in [0.2, 0.25) is 0 Å². The van der Waals surface area contributed by atoms with Gasteiger partial charge in [-0.3, -0.25) is 0 Å². The molecule has 1 aliphatic carbocycles. The van der Waals surface area contributed by atoms with E-state index >= 15 is 0 Å². The number of rotatable bonds is 2. The first-order valence-electron chi connectivity index (χ1n) is 7.07. The van der Waals surface area contributed by atoms with E-state index in [1.165, 1.54) is 0 Å². The molecule has 0 spiro atoms. The number of hydrogen-bond donors (Lipinski definition) is 2. The van der Waals surface area contributed by atoms with E-state index < -0.39 is 17.8 Å². The average molecular weight is 268 g/mol. The van der Waals surface area contributed by atoms with Crippen molar-refractivity contribution in [2.45, 2.75) is 57.8 Å². The van der Waals surface area contributed by atoms with Gasteiger partial charge < -0.3 is 14.9 Å². The third kappa shape index (κ3) is 4.44. The fourth-order valence-corrected chi connectivity index (χ4v) is 2.53. The first-order chi connectivity index (χ1) is 8.79. The van der Waals surface area contributed by atoms with Gasteiger partial charge in [0.05, 0.1) is 17.8 Å². The van der Waals surface area contributed by atoms with E-state index in [2.05, 4.69) is 26.5 Å². The lowest BCUT2D eigenvalue weighted by molar-refractivity contribution is 0.0246. The van der Waals surface area contributed by atoms with Gasteiger partial charge in [0.1, 0.15) is 0 Å². The molecule has 0 aliphatic heterocycles. The van der Waals surface area contributed by atoms with E-state index in [4.69, 9.17) is 4.74 Å². The van der Waals surface area contributed by atoms with Crippen LogP contribution in [0.5, 0.6) is 0 Å². The van der Waals surface area contributed by atoms with E-state index in [0.29, 0.717) is 24.3 Å². The molecule has 0 heterocycles. The largest absolute Gasteiger partial charge is 0.392 e. The molecule has 0 fully saturated rings. The van der Waals surface area contributed by atoms with Crippen molar-refractivity contribution in [3.8, 4) is 0 Å². The molecular weight excluding hydrogens is 240 g/mol. The molecule has 4 unspecified atom stereocenters. The zero-order chi connectivity index (χ0) is 14.6. The Kier molecular flexibility index (Phi) is 5.78.